The maximum atomic E-state index is 11.5. The smallest absolute Gasteiger partial charge is 0.315 e. The molecule has 18 heavy (non-hydrogen) atoms. The van der Waals surface area contributed by atoms with Gasteiger partial charge in [0.1, 0.15) is 0 Å². The molecular formula is C12H22N2O3S. The summed E-state index contributed by atoms with van der Waals surface area (Å²) in [5, 5.41) is 14.5. The number of aliphatic carboxylic acids is 1. The third-order valence-corrected chi connectivity index (χ3v) is 3.87. The van der Waals surface area contributed by atoms with Crippen molar-refractivity contribution in [2.75, 3.05) is 18.6 Å². The van der Waals surface area contributed by atoms with Gasteiger partial charge in [0.15, 0.2) is 0 Å². The summed E-state index contributed by atoms with van der Waals surface area (Å²) in [6.07, 6.45) is 6.13. The van der Waals surface area contributed by atoms with E-state index in [0.717, 1.165) is 25.0 Å². The molecule has 1 aliphatic rings. The number of carbonyl (C=O) groups is 2. The molecule has 0 aromatic rings. The van der Waals surface area contributed by atoms with Crippen LogP contribution in [0.5, 0.6) is 0 Å². The summed E-state index contributed by atoms with van der Waals surface area (Å²) in [6, 6.07) is -0.160. The highest BCUT2D eigenvalue weighted by molar-refractivity contribution is 7.98. The summed E-state index contributed by atoms with van der Waals surface area (Å²) in [6.45, 7) is 0.682. The lowest BCUT2D eigenvalue weighted by Crippen LogP contribution is -2.41. The number of amides is 2. The minimum absolute atomic E-state index is 0.0114. The quantitative estimate of drug-likeness (QED) is 0.617. The minimum Gasteiger partial charge on any atom is -0.481 e. The summed E-state index contributed by atoms with van der Waals surface area (Å²) >= 11 is 1.81. The van der Waals surface area contributed by atoms with Crippen molar-refractivity contribution in [3.8, 4) is 0 Å². The van der Waals surface area contributed by atoms with Crippen LogP contribution in [-0.2, 0) is 4.79 Å². The highest BCUT2D eigenvalue weighted by Crippen LogP contribution is 2.25. The monoisotopic (exact) mass is 274 g/mol. The number of nitrogens with one attached hydrogen (secondary N) is 2. The average molecular weight is 274 g/mol. The summed E-state index contributed by atoms with van der Waals surface area (Å²) < 4.78 is 0. The van der Waals surface area contributed by atoms with E-state index in [9.17, 15) is 9.59 Å². The molecule has 0 aromatic carbocycles. The van der Waals surface area contributed by atoms with Crippen LogP contribution >= 0.6 is 11.8 Å². The van der Waals surface area contributed by atoms with Crippen molar-refractivity contribution in [2.24, 2.45) is 5.92 Å². The van der Waals surface area contributed by atoms with Gasteiger partial charge in [0.2, 0.25) is 0 Å². The number of rotatable bonds is 7. The third-order valence-electron chi connectivity index (χ3n) is 3.18. The fourth-order valence-corrected chi connectivity index (χ4v) is 2.64. The van der Waals surface area contributed by atoms with E-state index in [0.29, 0.717) is 19.4 Å². The van der Waals surface area contributed by atoms with Crippen LogP contribution in [0, 0.1) is 5.92 Å². The van der Waals surface area contributed by atoms with E-state index in [1.807, 2.05) is 0 Å². The first-order chi connectivity index (χ1) is 8.63. The van der Waals surface area contributed by atoms with E-state index in [1.165, 1.54) is 0 Å². The molecule has 0 saturated heterocycles. The molecule has 104 valence electrons. The van der Waals surface area contributed by atoms with Gasteiger partial charge in [0.05, 0.1) is 5.92 Å². The molecule has 1 aliphatic carbocycles. The van der Waals surface area contributed by atoms with Gasteiger partial charge >= 0.3 is 12.0 Å². The van der Waals surface area contributed by atoms with Crippen molar-refractivity contribution in [1.82, 2.24) is 10.6 Å². The number of hydrogen-bond donors (Lipinski definition) is 3. The van der Waals surface area contributed by atoms with Crippen LogP contribution in [0.4, 0.5) is 4.79 Å². The first-order valence-corrected chi connectivity index (χ1v) is 7.79. The summed E-state index contributed by atoms with van der Waals surface area (Å²) in [7, 11) is 0. The maximum Gasteiger partial charge on any atom is 0.315 e. The topological polar surface area (TPSA) is 78.4 Å². The zero-order chi connectivity index (χ0) is 13.4. The first-order valence-electron chi connectivity index (χ1n) is 6.39. The van der Waals surface area contributed by atoms with E-state index in [-0.39, 0.29) is 18.0 Å². The molecule has 0 aliphatic heterocycles. The van der Waals surface area contributed by atoms with E-state index in [4.69, 9.17) is 5.11 Å². The third kappa shape index (κ3) is 5.62. The van der Waals surface area contributed by atoms with Gasteiger partial charge in [-0.15, -0.1) is 0 Å². The summed E-state index contributed by atoms with van der Waals surface area (Å²) in [5.74, 6) is 0.0697. The van der Waals surface area contributed by atoms with Crippen molar-refractivity contribution in [3.63, 3.8) is 0 Å². The number of carboxylic acids is 1. The molecule has 1 fully saturated rings. The van der Waals surface area contributed by atoms with Crippen LogP contribution in [0.2, 0.25) is 0 Å². The van der Waals surface area contributed by atoms with Crippen LogP contribution in [0.25, 0.3) is 0 Å². The lowest BCUT2D eigenvalue weighted by Gasteiger charge is -2.13. The molecule has 1 rings (SSSR count). The highest BCUT2D eigenvalue weighted by atomic mass is 32.2. The average Bonchev–Trinajstić information content (AvgIpc) is 2.77. The van der Waals surface area contributed by atoms with Gasteiger partial charge in [-0.05, 0) is 44.1 Å². The SMILES string of the molecule is CSCCCCNC(=O)NC1CCC(C(=O)O)C1. The van der Waals surface area contributed by atoms with Crippen LogP contribution in [-0.4, -0.2) is 41.7 Å². The van der Waals surface area contributed by atoms with Crippen LogP contribution in [0.1, 0.15) is 32.1 Å². The molecule has 6 heteroatoms. The second-order valence-corrected chi connectivity index (χ2v) is 5.63. The Morgan fingerprint density at radius 1 is 1.33 bits per heavy atom. The Morgan fingerprint density at radius 3 is 2.72 bits per heavy atom. The summed E-state index contributed by atoms with van der Waals surface area (Å²) in [5.41, 5.74) is 0. The Morgan fingerprint density at radius 2 is 2.11 bits per heavy atom. The fourth-order valence-electron chi connectivity index (χ4n) is 2.15. The van der Waals surface area contributed by atoms with Gasteiger partial charge in [0.25, 0.3) is 0 Å². The van der Waals surface area contributed by atoms with Crippen LogP contribution < -0.4 is 10.6 Å². The predicted octanol–water partition coefficient (Wildman–Crippen LogP) is 1.68. The summed E-state index contributed by atoms with van der Waals surface area (Å²) in [4.78, 5) is 22.3. The molecule has 2 unspecified atom stereocenters. The second kappa shape index (κ2) is 8.24. The number of hydrogen-bond acceptors (Lipinski definition) is 3. The zero-order valence-electron chi connectivity index (χ0n) is 10.8. The van der Waals surface area contributed by atoms with Crippen LogP contribution in [0.3, 0.4) is 0 Å². The molecule has 0 aromatic heterocycles. The lowest BCUT2D eigenvalue weighted by atomic mass is 10.1. The largest absolute Gasteiger partial charge is 0.481 e. The molecule has 5 nitrogen and oxygen atoms in total. The van der Waals surface area contributed by atoms with Gasteiger partial charge in [-0.25, -0.2) is 4.79 Å². The Labute approximate surface area is 112 Å². The normalized spacial score (nSPS) is 22.7. The molecular weight excluding hydrogens is 252 g/mol. The predicted molar refractivity (Wildman–Crippen MR) is 72.9 cm³/mol. The zero-order valence-corrected chi connectivity index (χ0v) is 11.6. The van der Waals surface area contributed by atoms with Crippen molar-refractivity contribution in [2.45, 2.75) is 38.1 Å². The molecule has 1 saturated carbocycles. The molecule has 0 radical (unpaired) electrons. The number of urea groups is 1. The lowest BCUT2D eigenvalue weighted by molar-refractivity contribution is -0.141. The number of carbonyl (C=O) groups excluding carboxylic acids is 1. The van der Waals surface area contributed by atoms with E-state index in [2.05, 4.69) is 16.9 Å². The second-order valence-electron chi connectivity index (χ2n) is 4.65. The molecule has 0 spiro atoms. The van der Waals surface area contributed by atoms with Crippen molar-refractivity contribution in [3.05, 3.63) is 0 Å². The van der Waals surface area contributed by atoms with Crippen LogP contribution in [0.15, 0.2) is 0 Å². The van der Waals surface area contributed by atoms with Crippen molar-refractivity contribution >= 4 is 23.8 Å². The van der Waals surface area contributed by atoms with Gasteiger partial charge in [-0.1, -0.05) is 0 Å². The van der Waals surface area contributed by atoms with Gasteiger partial charge < -0.3 is 15.7 Å². The Bertz CT molecular complexity index is 286. The molecule has 2 atom stereocenters. The standard InChI is InChI=1S/C12H22N2O3S/c1-18-7-3-2-6-13-12(17)14-10-5-4-9(8-10)11(15)16/h9-10H,2-8H2,1H3,(H,15,16)(H2,13,14,17). The highest BCUT2D eigenvalue weighted by Gasteiger charge is 2.30. The minimum atomic E-state index is -0.753. The molecule has 0 heterocycles. The number of unbranched alkanes of at least 4 members (excludes halogenated alkanes) is 1. The van der Waals surface area contributed by atoms with Crippen molar-refractivity contribution < 1.29 is 14.7 Å². The Balaban J connectivity index is 2.08. The fraction of sp³-hybridized carbons (Fsp3) is 0.833. The number of thioether (sulfide) groups is 1. The Kier molecular flexibility index (Phi) is 6.93. The van der Waals surface area contributed by atoms with Crippen molar-refractivity contribution in [1.29, 1.82) is 0 Å². The van der Waals surface area contributed by atoms with E-state index in [1.54, 1.807) is 11.8 Å². The molecule has 0 bridgehead atoms. The molecule has 3 N–H and O–H groups in total. The molecule has 2 amide bonds. The Hall–Kier alpha value is -0.910. The van der Waals surface area contributed by atoms with E-state index < -0.39 is 5.97 Å². The van der Waals surface area contributed by atoms with E-state index >= 15 is 0 Å². The van der Waals surface area contributed by atoms with Gasteiger partial charge in [0, 0.05) is 12.6 Å². The van der Waals surface area contributed by atoms with Gasteiger partial charge in [-0.2, -0.15) is 11.8 Å². The maximum absolute atomic E-state index is 11.5. The first kappa shape index (κ1) is 15.1. The van der Waals surface area contributed by atoms with Gasteiger partial charge in [-0.3, -0.25) is 4.79 Å². The number of carboxylic acid groups (broad SMARTS) is 1.